The second-order valence-corrected chi connectivity index (χ2v) is 4.37. The van der Waals surface area contributed by atoms with Gasteiger partial charge in [0.1, 0.15) is 0 Å². The molecule has 1 unspecified atom stereocenters. The fraction of sp³-hybridized carbons (Fsp3) is 0.538. The van der Waals surface area contributed by atoms with Gasteiger partial charge in [-0.1, -0.05) is 31.2 Å². The smallest absolute Gasteiger partial charge is 0.0783 e. The number of benzene rings is 1. The molecule has 0 aliphatic heterocycles. The zero-order valence-corrected chi connectivity index (χ0v) is 9.88. The molecule has 0 radical (unpaired) electrons. The van der Waals surface area contributed by atoms with Crippen molar-refractivity contribution < 1.29 is 5.11 Å². The summed E-state index contributed by atoms with van der Waals surface area (Å²) in [5.74, 6) is 0. The van der Waals surface area contributed by atoms with Gasteiger partial charge in [0.2, 0.25) is 0 Å². The van der Waals surface area contributed by atoms with E-state index in [4.69, 9.17) is 0 Å². The standard InChI is InChI=1S/C13H21NO/c1-4-11-5-7-12(8-6-11)9-13(2,15)10-14-3/h5-8,14-15H,4,9-10H2,1-3H3. The predicted molar refractivity (Wildman–Crippen MR) is 64.1 cm³/mol. The van der Waals surface area contributed by atoms with E-state index in [1.165, 1.54) is 11.1 Å². The van der Waals surface area contributed by atoms with Gasteiger partial charge in [0.25, 0.3) is 0 Å². The molecule has 2 heteroatoms. The van der Waals surface area contributed by atoms with E-state index in [1.54, 1.807) is 0 Å². The van der Waals surface area contributed by atoms with Crippen LogP contribution in [0.1, 0.15) is 25.0 Å². The largest absolute Gasteiger partial charge is 0.389 e. The number of hydrogen-bond donors (Lipinski definition) is 2. The van der Waals surface area contributed by atoms with Crippen molar-refractivity contribution in [1.82, 2.24) is 5.32 Å². The number of aryl methyl sites for hydroxylation is 1. The van der Waals surface area contributed by atoms with Crippen LogP contribution in [-0.2, 0) is 12.8 Å². The molecular formula is C13H21NO. The first-order chi connectivity index (χ1) is 7.07. The highest BCUT2D eigenvalue weighted by atomic mass is 16.3. The van der Waals surface area contributed by atoms with Crippen LogP contribution in [-0.4, -0.2) is 24.3 Å². The number of aliphatic hydroxyl groups is 1. The predicted octanol–water partition coefficient (Wildman–Crippen LogP) is 1.76. The maximum atomic E-state index is 10.0. The number of likely N-dealkylation sites (N-methyl/N-ethyl adjacent to an activating group) is 1. The van der Waals surface area contributed by atoms with Crippen LogP contribution in [0, 0.1) is 0 Å². The van der Waals surface area contributed by atoms with Crippen molar-refractivity contribution in [2.45, 2.75) is 32.3 Å². The Labute approximate surface area is 92.3 Å². The molecule has 15 heavy (non-hydrogen) atoms. The molecule has 1 aromatic carbocycles. The Bertz CT molecular complexity index is 290. The molecular weight excluding hydrogens is 186 g/mol. The van der Waals surface area contributed by atoms with Gasteiger partial charge in [-0.25, -0.2) is 0 Å². The summed E-state index contributed by atoms with van der Waals surface area (Å²) in [4.78, 5) is 0. The zero-order valence-electron chi connectivity index (χ0n) is 9.88. The number of hydrogen-bond acceptors (Lipinski definition) is 2. The SMILES string of the molecule is CCc1ccc(CC(C)(O)CNC)cc1. The van der Waals surface area contributed by atoms with Crippen LogP contribution >= 0.6 is 0 Å². The molecule has 84 valence electrons. The van der Waals surface area contributed by atoms with Gasteiger partial charge in [-0.2, -0.15) is 0 Å². The van der Waals surface area contributed by atoms with Crippen molar-refractivity contribution in [3.8, 4) is 0 Å². The number of rotatable bonds is 5. The van der Waals surface area contributed by atoms with Gasteiger partial charge in [-0.3, -0.25) is 0 Å². The van der Waals surface area contributed by atoms with E-state index >= 15 is 0 Å². The third-order valence-corrected chi connectivity index (χ3v) is 2.57. The second-order valence-electron chi connectivity index (χ2n) is 4.37. The van der Waals surface area contributed by atoms with Crippen LogP contribution in [0.3, 0.4) is 0 Å². The van der Waals surface area contributed by atoms with Crippen LogP contribution in [0.4, 0.5) is 0 Å². The lowest BCUT2D eigenvalue weighted by Gasteiger charge is -2.22. The molecule has 1 rings (SSSR count). The van der Waals surface area contributed by atoms with Crippen molar-refractivity contribution >= 4 is 0 Å². The summed E-state index contributed by atoms with van der Waals surface area (Å²) in [6.07, 6.45) is 1.75. The minimum Gasteiger partial charge on any atom is -0.389 e. The van der Waals surface area contributed by atoms with Crippen LogP contribution in [0.25, 0.3) is 0 Å². The zero-order chi connectivity index (χ0) is 11.3. The normalized spacial score (nSPS) is 14.9. The molecule has 0 bridgehead atoms. The molecule has 0 fully saturated rings. The summed E-state index contributed by atoms with van der Waals surface area (Å²) in [5, 5.41) is 13.0. The molecule has 1 aromatic rings. The van der Waals surface area contributed by atoms with Crippen LogP contribution in [0.5, 0.6) is 0 Å². The average molecular weight is 207 g/mol. The van der Waals surface area contributed by atoms with E-state index < -0.39 is 5.60 Å². The van der Waals surface area contributed by atoms with Gasteiger partial charge in [0, 0.05) is 13.0 Å². The first-order valence-corrected chi connectivity index (χ1v) is 5.52. The molecule has 0 aliphatic carbocycles. The summed E-state index contributed by atoms with van der Waals surface area (Å²) in [6.45, 7) is 4.62. The maximum Gasteiger partial charge on any atom is 0.0783 e. The van der Waals surface area contributed by atoms with E-state index in [0.717, 1.165) is 6.42 Å². The maximum absolute atomic E-state index is 10.0. The Morgan fingerprint density at radius 3 is 2.20 bits per heavy atom. The van der Waals surface area contributed by atoms with E-state index in [0.29, 0.717) is 13.0 Å². The Hall–Kier alpha value is -0.860. The second kappa shape index (κ2) is 5.29. The minimum absolute atomic E-state index is 0.614. The summed E-state index contributed by atoms with van der Waals surface area (Å²) < 4.78 is 0. The molecule has 2 nitrogen and oxygen atoms in total. The third kappa shape index (κ3) is 4.02. The van der Waals surface area contributed by atoms with Crippen LogP contribution < -0.4 is 5.32 Å². The van der Waals surface area contributed by atoms with Gasteiger partial charge in [-0.05, 0) is 31.5 Å². The monoisotopic (exact) mass is 207 g/mol. The lowest BCUT2D eigenvalue weighted by Crippen LogP contribution is -2.38. The summed E-state index contributed by atoms with van der Waals surface area (Å²) >= 11 is 0. The van der Waals surface area contributed by atoms with Gasteiger partial charge >= 0.3 is 0 Å². The van der Waals surface area contributed by atoms with E-state index in [2.05, 4.69) is 36.5 Å². The van der Waals surface area contributed by atoms with Crippen LogP contribution in [0.15, 0.2) is 24.3 Å². The summed E-state index contributed by atoms with van der Waals surface area (Å²) in [6, 6.07) is 8.46. The van der Waals surface area contributed by atoms with Gasteiger partial charge in [0.05, 0.1) is 5.60 Å². The Balaban J connectivity index is 2.64. The first-order valence-electron chi connectivity index (χ1n) is 5.52. The fourth-order valence-corrected chi connectivity index (χ4v) is 1.78. The Morgan fingerprint density at radius 2 is 1.73 bits per heavy atom. The fourth-order valence-electron chi connectivity index (χ4n) is 1.78. The van der Waals surface area contributed by atoms with E-state index in [-0.39, 0.29) is 0 Å². The summed E-state index contributed by atoms with van der Waals surface area (Å²) in [7, 11) is 1.86. The van der Waals surface area contributed by atoms with Crippen molar-refractivity contribution in [3.63, 3.8) is 0 Å². The summed E-state index contributed by atoms with van der Waals surface area (Å²) in [5.41, 5.74) is 1.86. The lowest BCUT2D eigenvalue weighted by molar-refractivity contribution is 0.0622. The Morgan fingerprint density at radius 1 is 1.20 bits per heavy atom. The molecule has 0 saturated carbocycles. The van der Waals surface area contributed by atoms with Crippen molar-refractivity contribution in [2.75, 3.05) is 13.6 Å². The quantitative estimate of drug-likeness (QED) is 0.771. The highest BCUT2D eigenvalue weighted by Gasteiger charge is 2.19. The highest BCUT2D eigenvalue weighted by molar-refractivity contribution is 5.23. The lowest BCUT2D eigenvalue weighted by atomic mass is 9.95. The first kappa shape index (κ1) is 12.2. The average Bonchev–Trinajstić information content (AvgIpc) is 2.18. The molecule has 1 atom stereocenters. The molecule has 0 aliphatic rings. The Kier molecular flexibility index (Phi) is 4.30. The van der Waals surface area contributed by atoms with Gasteiger partial charge in [0.15, 0.2) is 0 Å². The van der Waals surface area contributed by atoms with E-state index in [9.17, 15) is 5.11 Å². The molecule has 0 heterocycles. The van der Waals surface area contributed by atoms with Gasteiger partial charge in [-0.15, -0.1) is 0 Å². The minimum atomic E-state index is -0.664. The molecule has 2 N–H and O–H groups in total. The van der Waals surface area contributed by atoms with E-state index in [1.807, 2.05) is 14.0 Å². The molecule has 0 aromatic heterocycles. The van der Waals surface area contributed by atoms with Crippen molar-refractivity contribution in [3.05, 3.63) is 35.4 Å². The van der Waals surface area contributed by atoms with Gasteiger partial charge < -0.3 is 10.4 Å². The molecule has 0 saturated heterocycles. The molecule has 0 spiro atoms. The highest BCUT2D eigenvalue weighted by Crippen LogP contribution is 2.13. The van der Waals surface area contributed by atoms with Crippen molar-refractivity contribution in [1.29, 1.82) is 0 Å². The van der Waals surface area contributed by atoms with Crippen molar-refractivity contribution in [2.24, 2.45) is 0 Å². The number of nitrogens with one attached hydrogen (secondary N) is 1. The topological polar surface area (TPSA) is 32.3 Å². The van der Waals surface area contributed by atoms with Crippen LogP contribution in [0.2, 0.25) is 0 Å². The third-order valence-electron chi connectivity index (χ3n) is 2.57. The molecule has 0 amide bonds.